The second-order valence-electron chi connectivity index (χ2n) is 7.08. The molecule has 3 aromatic rings. The van der Waals surface area contributed by atoms with Gasteiger partial charge in [0, 0.05) is 12.1 Å². The molecule has 3 rings (SSSR count). The monoisotopic (exact) mass is 349 g/mol. The van der Waals surface area contributed by atoms with Crippen molar-refractivity contribution in [2.24, 2.45) is 5.92 Å². The molecule has 0 radical (unpaired) electrons. The van der Waals surface area contributed by atoms with Crippen LogP contribution >= 0.6 is 0 Å². The molecule has 0 saturated carbocycles. The van der Waals surface area contributed by atoms with Crippen LogP contribution in [0.25, 0.3) is 0 Å². The van der Waals surface area contributed by atoms with Gasteiger partial charge in [0.05, 0.1) is 25.5 Å². The summed E-state index contributed by atoms with van der Waals surface area (Å²) in [4.78, 5) is 0. The predicted molar refractivity (Wildman–Crippen MR) is 104 cm³/mol. The summed E-state index contributed by atoms with van der Waals surface area (Å²) in [6.07, 6.45) is 2.05. The molecule has 0 N–H and O–H groups in total. The van der Waals surface area contributed by atoms with Crippen LogP contribution in [0.3, 0.4) is 0 Å². The second kappa shape index (κ2) is 8.77. The van der Waals surface area contributed by atoms with Gasteiger partial charge in [-0.3, -0.25) is 0 Å². The number of benzene rings is 2. The molecular weight excluding hydrogens is 322 g/mol. The number of aromatic nitrogens is 3. The first kappa shape index (κ1) is 18.3. The molecule has 0 saturated heterocycles. The van der Waals surface area contributed by atoms with Gasteiger partial charge in [0.2, 0.25) is 0 Å². The number of rotatable bonds is 8. The molecule has 1 atom stereocenters. The summed E-state index contributed by atoms with van der Waals surface area (Å²) in [5.74, 6) is 0.721. The summed E-state index contributed by atoms with van der Waals surface area (Å²) in [7, 11) is 0. The molecule has 0 unspecified atom stereocenters. The summed E-state index contributed by atoms with van der Waals surface area (Å²) in [5.41, 5.74) is 4.76. The van der Waals surface area contributed by atoms with E-state index in [1.54, 1.807) is 0 Å². The van der Waals surface area contributed by atoms with Gasteiger partial charge in [-0.2, -0.15) is 0 Å². The van der Waals surface area contributed by atoms with Crippen LogP contribution in [0.4, 0.5) is 0 Å². The number of hydrogen-bond acceptors (Lipinski definition) is 3. The number of hydrogen-bond donors (Lipinski definition) is 0. The van der Waals surface area contributed by atoms with Gasteiger partial charge in [0.25, 0.3) is 0 Å². The van der Waals surface area contributed by atoms with Crippen LogP contribution in [0.15, 0.2) is 60.8 Å². The molecule has 0 bridgehead atoms. The molecule has 0 aliphatic rings. The predicted octanol–water partition coefficient (Wildman–Crippen LogP) is 4.59. The molecule has 26 heavy (non-hydrogen) atoms. The molecule has 0 spiro atoms. The molecule has 0 aliphatic carbocycles. The number of nitrogens with zero attached hydrogens (tertiary/aromatic N) is 3. The van der Waals surface area contributed by atoms with E-state index in [9.17, 15) is 0 Å². The third-order valence-corrected chi connectivity index (χ3v) is 4.55. The smallest absolute Gasteiger partial charge is 0.0904 e. The van der Waals surface area contributed by atoms with Gasteiger partial charge in [0.1, 0.15) is 0 Å². The van der Waals surface area contributed by atoms with Crippen LogP contribution in [0.2, 0.25) is 0 Å². The lowest BCUT2D eigenvalue weighted by atomic mass is 9.86. The lowest BCUT2D eigenvalue weighted by molar-refractivity contribution is 0.110. The molecule has 4 heteroatoms. The van der Waals surface area contributed by atoms with E-state index >= 15 is 0 Å². The van der Waals surface area contributed by atoms with Crippen molar-refractivity contribution in [2.75, 3.05) is 6.61 Å². The van der Waals surface area contributed by atoms with Gasteiger partial charge in [-0.25, -0.2) is 4.68 Å². The summed E-state index contributed by atoms with van der Waals surface area (Å²) >= 11 is 0. The molecule has 1 heterocycles. The average Bonchev–Trinajstić information content (AvgIpc) is 3.09. The SMILES string of the molecule is Cc1ccc(COCCn2cc([C@H](c3ccccc3)C(C)C)nn2)cc1. The highest BCUT2D eigenvalue weighted by Gasteiger charge is 2.21. The fraction of sp³-hybridized carbons (Fsp3) is 0.364. The molecule has 1 aromatic heterocycles. The Morgan fingerprint density at radius 2 is 1.73 bits per heavy atom. The minimum absolute atomic E-state index is 0.262. The van der Waals surface area contributed by atoms with Crippen molar-refractivity contribution in [1.29, 1.82) is 0 Å². The van der Waals surface area contributed by atoms with Crippen LogP contribution < -0.4 is 0 Å². The zero-order chi connectivity index (χ0) is 18.4. The van der Waals surface area contributed by atoms with Gasteiger partial charge in [-0.05, 0) is 24.0 Å². The standard InChI is InChI=1S/C22H27N3O/c1-17(2)22(20-7-5-4-6-8-20)21-15-25(24-23-21)13-14-26-16-19-11-9-18(3)10-12-19/h4-12,15,17,22H,13-14,16H2,1-3H3/t22-/m0/s1. The fourth-order valence-electron chi connectivity index (χ4n) is 3.16. The molecule has 0 amide bonds. The quantitative estimate of drug-likeness (QED) is 0.558. The van der Waals surface area contributed by atoms with E-state index in [1.807, 2.05) is 16.9 Å². The second-order valence-corrected chi connectivity index (χ2v) is 7.08. The van der Waals surface area contributed by atoms with Crippen LogP contribution in [0.1, 0.15) is 42.1 Å². The van der Waals surface area contributed by atoms with Crippen LogP contribution in [0.5, 0.6) is 0 Å². The highest BCUT2D eigenvalue weighted by molar-refractivity contribution is 5.27. The summed E-state index contributed by atoms with van der Waals surface area (Å²) in [6.45, 7) is 8.49. The summed E-state index contributed by atoms with van der Waals surface area (Å²) in [6, 6.07) is 19.0. The lowest BCUT2D eigenvalue weighted by Gasteiger charge is -2.18. The minimum atomic E-state index is 0.262. The highest BCUT2D eigenvalue weighted by Crippen LogP contribution is 2.30. The molecule has 0 fully saturated rings. The van der Waals surface area contributed by atoms with E-state index in [1.165, 1.54) is 16.7 Å². The van der Waals surface area contributed by atoms with E-state index in [0.717, 1.165) is 5.69 Å². The Hall–Kier alpha value is -2.46. The van der Waals surface area contributed by atoms with E-state index in [-0.39, 0.29) is 5.92 Å². The normalized spacial score (nSPS) is 12.5. The van der Waals surface area contributed by atoms with E-state index in [2.05, 4.69) is 79.6 Å². The molecular formula is C22H27N3O. The van der Waals surface area contributed by atoms with Crippen molar-refractivity contribution in [3.8, 4) is 0 Å². The number of ether oxygens (including phenoxy) is 1. The molecule has 2 aromatic carbocycles. The van der Waals surface area contributed by atoms with Gasteiger partial charge < -0.3 is 4.74 Å². The third-order valence-electron chi connectivity index (χ3n) is 4.55. The lowest BCUT2D eigenvalue weighted by Crippen LogP contribution is -2.09. The Kier molecular flexibility index (Phi) is 6.18. The topological polar surface area (TPSA) is 39.9 Å². The molecule has 4 nitrogen and oxygen atoms in total. The number of aryl methyl sites for hydroxylation is 1. The van der Waals surface area contributed by atoms with Gasteiger partial charge in [-0.1, -0.05) is 79.2 Å². The Morgan fingerprint density at radius 1 is 1.00 bits per heavy atom. The first-order valence-electron chi connectivity index (χ1n) is 9.22. The molecule has 0 aliphatic heterocycles. The van der Waals surface area contributed by atoms with Crippen molar-refractivity contribution in [3.05, 3.63) is 83.2 Å². The van der Waals surface area contributed by atoms with E-state index < -0.39 is 0 Å². The van der Waals surface area contributed by atoms with Crippen LogP contribution in [0, 0.1) is 12.8 Å². The van der Waals surface area contributed by atoms with Crippen molar-refractivity contribution < 1.29 is 4.74 Å². The van der Waals surface area contributed by atoms with Crippen molar-refractivity contribution >= 4 is 0 Å². The maximum Gasteiger partial charge on any atom is 0.0904 e. The van der Waals surface area contributed by atoms with Crippen molar-refractivity contribution in [3.63, 3.8) is 0 Å². The average molecular weight is 349 g/mol. The Morgan fingerprint density at radius 3 is 2.42 bits per heavy atom. The largest absolute Gasteiger partial charge is 0.375 e. The zero-order valence-corrected chi connectivity index (χ0v) is 15.8. The zero-order valence-electron chi connectivity index (χ0n) is 15.8. The summed E-state index contributed by atoms with van der Waals surface area (Å²) in [5, 5.41) is 8.71. The van der Waals surface area contributed by atoms with E-state index in [0.29, 0.717) is 25.7 Å². The molecule has 136 valence electrons. The first-order chi connectivity index (χ1) is 12.6. The van der Waals surface area contributed by atoms with Gasteiger partial charge in [0.15, 0.2) is 0 Å². The van der Waals surface area contributed by atoms with Crippen molar-refractivity contribution in [2.45, 2.75) is 39.8 Å². The van der Waals surface area contributed by atoms with Crippen LogP contribution in [-0.2, 0) is 17.9 Å². The van der Waals surface area contributed by atoms with Gasteiger partial charge in [-0.15, -0.1) is 5.10 Å². The van der Waals surface area contributed by atoms with E-state index in [4.69, 9.17) is 4.74 Å². The Labute approximate surface area is 155 Å². The van der Waals surface area contributed by atoms with Gasteiger partial charge >= 0.3 is 0 Å². The maximum absolute atomic E-state index is 5.78. The maximum atomic E-state index is 5.78. The minimum Gasteiger partial charge on any atom is -0.375 e. The first-order valence-corrected chi connectivity index (χ1v) is 9.22. The summed E-state index contributed by atoms with van der Waals surface area (Å²) < 4.78 is 7.65. The van der Waals surface area contributed by atoms with Crippen molar-refractivity contribution in [1.82, 2.24) is 15.0 Å². The third kappa shape index (κ3) is 4.79. The fourth-order valence-corrected chi connectivity index (χ4v) is 3.16. The highest BCUT2D eigenvalue weighted by atomic mass is 16.5. The Bertz CT molecular complexity index is 794. The Balaban J connectivity index is 1.56. The van der Waals surface area contributed by atoms with Crippen LogP contribution in [-0.4, -0.2) is 21.6 Å².